The number of rotatable bonds is 0. The number of hydrogen-bond donors (Lipinski definition) is 1. The summed E-state index contributed by atoms with van der Waals surface area (Å²) in [7, 11) is 0. The van der Waals surface area contributed by atoms with Gasteiger partial charge in [-0.05, 0) is 24.3 Å². The molecule has 0 saturated carbocycles. The fraction of sp³-hybridized carbons (Fsp3) is 0. The highest BCUT2D eigenvalue weighted by Crippen LogP contribution is 2.15. The first-order valence-electron chi connectivity index (χ1n) is 7.30. The first-order chi connectivity index (χ1) is 11.9. The summed E-state index contributed by atoms with van der Waals surface area (Å²) in [5.74, 6) is 0. The summed E-state index contributed by atoms with van der Waals surface area (Å²) in [6, 6.07) is 15.9. The Morgan fingerprint density at radius 1 is 0.708 bits per heavy atom. The fourth-order valence-electron chi connectivity index (χ4n) is 1.93. The molecule has 0 fully saturated rings. The van der Waals surface area contributed by atoms with E-state index in [4.69, 9.17) is 0 Å². The molecule has 5 aromatic rings. The van der Waals surface area contributed by atoms with Crippen LogP contribution in [-0.2, 0) is 0 Å². The second-order valence-electron chi connectivity index (χ2n) is 4.63. The normalized spacial score (nSPS) is 9.67. The van der Waals surface area contributed by atoms with Crippen molar-refractivity contribution in [3.05, 3.63) is 85.2 Å². The van der Waals surface area contributed by atoms with E-state index in [0.717, 1.165) is 16.6 Å². The number of hydrogen-bond acceptors (Lipinski definition) is 5. The van der Waals surface area contributed by atoms with Crippen molar-refractivity contribution >= 4 is 32.6 Å². The Hall–Kier alpha value is -3.12. The van der Waals surface area contributed by atoms with E-state index in [9.17, 15) is 0 Å². The lowest BCUT2D eigenvalue weighted by Crippen LogP contribution is -1.78. The van der Waals surface area contributed by atoms with Crippen molar-refractivity contribution < 1.29 is 0 Å². The standard InChI is InChI=1S/C8H6N2.C7H5NS.C3H4N2/c1-2-4-8-7(3-1)9-5-6-10-8;1-2-4-7-6(3-1)8-5-9-7;1-2-5-3-4-1/h1-6H;1-5H;1-3H,(H,4,5). The molecule has 0 bridgehead atoms. The quantitative estimate of drug-likeness (QED) is 0.458. The van der Waals surface area contributed by atoms with Crippen LogP contribution in [0.25, 0.3) is 21.3 Å². The highest BCUT2D eigenvalue weighted by Gasteiger charge is 1.89. The van der Waals surface area contributed by atoms with E-state index in [0.29, 0.717) is 0 Å². The summed E-state index contributed by atoms with van der Waals surface area (Å²) in [4.78, 5) is 18.8. The monoisotopic (exact) mass is 333 g/mol. The maximum absolute atomic E-state index is 4.14. The Labute approximate surface area is 143 Å². The van der Waals surface area contributed by atoms with Gasteiger partial charge in [0.15, 0.2) is 0 Å². The number of thiazole rings is 1. The predicted molar refractivity (Wildman–Crippen MR) is 97.7 cm³/mol. The molecule has 1 N–H and O–H groups in total. The van der Waals surface area contributed by atoms with Gasteiger partial charge in [0.25, 0.3) is 0 Å². The summed E-state index contributed by atoms with van der Waals surface area (Å²) in [6.07, 6.45) is 8.48. The summed E-state index contributed by atoms with van der Waals surface area (Å²) < 4.78 is 1.26. The molecule has 5 nitrogen and oxygen atoms in total. The van der Waals surface area contributed by atoms with Crippen LogP contribution in [0.15, 0.2) is 85.2 Å². The average molecular weight is 333 g/mol. The molecule has 5 rings (SSSR count). The molecule has 0 aliphatic heterocycles. The van der Waals surface area contributed by atoms with E-state index in [-0.39, 0.29) is 0 Å². The van der Waals surface area contributed by atoms with E-state index in [2.05, 4.69) is 31.0 Å². The van der Waals surface area contributed by atoms with Crippen molar-refractivity contribution in [3.8, 4) is 0 Å². The molecule has 0 unspecified atom stereocenters. The van der Waals surface area contributed by atoms with Gasteiger partial charge in [-0.3, -0.25) is 9.97 Å². The van der Waals surface area contributed by atoms with Crippen molar-refractivity contribution in [2.24, 2.45) is 0 Å². The van der Waals surface area contributed by atoms with Crippen molar-refractivity contribution in [2.75, 3.05) is 0 Å². The van der Waals surface area contributed by atoms with E-state index in [1.807, 2.05) is 48.0 Å². The first kappa shape index (κ1) is 15.8. The van der Waals surface area contributed by atoms with Crippen LogP contribution in [0, 0.1) is 0 Å². The number of benzene rings is 2. The van der Waals surface area contributed by atoms with Crippen molar-refractivity contribution in [1.29, 1.82) is 0 Å². The molecule has 0 atom stereocenters. The van der Waals surface area contributed by atoms with Crippen LogP contribution in [0.1, 0.15) is 0 Å². The third-order valence-corrected chi connectivity index (χ3v) is 3.83. The van der Waals surface area contributed by atoms with Crippen LogP contribution < -0.4 is 0 Å². The Balaban J connectivity index is 0.000000112. The average Bonchev–Trinajstić information content (AvgIpc) is 3.37. The lowest BCUT2D eigenvalue weighted by Gasteiger charge is -1.90. The highest BCUT2D eigenvalue weighted by molar-refractivity contribution is 7.16. The van der Waals surface area contributed by atoms with E-state index >= 15 is 0 Å². The second kappa shape index (κ2) is 8.50. The van der Waals surface area contributed by atoms with Gasteiger partial charge in [-0.15, -0.1) is 11.3 Å². The third kappa shape index (κ3) is 4.44. The Morgan fingerprint density at radius 3 is 1.92 bits per heavy atom. The molecular weight excluding hydrogens is 318 g/mol. The van der Waals surface area contributed by atoms with Gasteiger partial charge in [-0.2, -0.15) is 0 Å². The van der Waals surface area contributed by atoms with Crippen molar-refractivity contribution in [1.82, 2.24) is 24.9 Å². The van der Waals surface area contributed by atoms with Gasteiger partial charge >= 0.3 is 0 Å². The molecule has 3 heterocycles. The number of aromatic amines is 1. The van der Waals surface area contributed by atoms with Crippen LogP contribution in [-0.4, -0.2) is 24.9 Å². The van der Waals surface area contributed by atoms with Gasteiger partial charge in [0.1, 0.15) is 0 Å². The van der Waals surface area contributed by atoms with Crippen molar-refractivity contribution in [3.63, 3.8) is 0 Å². The topological polar surface area (TPSA) is 67.3 Å². The lowest BCUT2D eigenvalue weighted by molar-refractivity contribution is 1.29. The van der Waals surface area contributed by atoms with E-state index in [1.165, 1.54) is 4.70 Å². The molecule has 6 heteroatoms. The zero-order chi connectivity index (χ0) is 16.5. The molecule has 0 radical (unpaired) electrons. The van der Waals surface area contributed by atoms with Crippen LogP contribution in [0.3, 0.4) is 0 Å². The predicted octanol–water partition coefficient (Wildman–Crippen LogP) is 4.34. The Bertz CT molecular complexity index is 866. The Kier molecular flexibility index (Phi) is 5.58. The first-order valence-corrected chi connectivity index (χ1v) is 8.18. The summed E-state index contributed by atoms with van der Waals surface area (Å²) in [5.41, 5.74) is 4.86. The number of nitrogens with zero attached hydrogens (tertiary/aromatic N) is 4. The molecular formula is C18H15N5S. The molecule has 0 aliphatic carbocycles. The van der Waals surface area contributed by atoms with E-state index in [1.54, 1.807) is 42.5 Å². The largest absolute Gasteiger partial charge is 0.351 e. The molecule has 0 aliphatic rings. The minimum atomic E-state index is 0.949. The van der Waals surface area contributed by atoms with Gasteiger partial charge in [-0.25, -0.2) is 9.97 Å². The fourth-order valence-corrected chi connectivity index (χ4v) is 2.61. The second-order valence-corrected chi connectivity index (χ2v) is 5.51. The maximum atomic E-state index is 4.14. The summed E-state index contributed by atoms with van der Waals surface area (Å²) in [6.45, 7) is 0. The van der Waals surface area contributed by atoms with Crippen LogP contribution in [0.2, 0.25) is 0 Å². The number of aromatic nitrogens is 5. The maximum Gasteiger partial charge on any atom is 0.0919 e. The molecule has 0 spiro atoms. The molecule has 2 aromatic carbocycles. The number of imidazole rings is 1. The zero-order valence-electron chi connectivity index (χ0n) is 12.8. The SMILES string of the molecule is c1c[nH]cn1.c1ccc2nccnc2c1.c1ccc2scnc2c1. The minimum Gasteiger partial charge on any atom is -0.351 e. The Morgan fingerprint density at radius 2 is 1.38 bits per heavy atom. The number of fused-ring (bicyclic) bond motifs is 2. The van der Waals surface area contributed by atoms with Crippen LogP contribution in [0.4, 0.5) is 0 Å². The van der Waals surface area contributed by atoms with Gasteiger partial charge < -0.3 is 4.98 Å². The molecule has 3 aromatic heterocycles. The van der Waals surface area contributed by atoms with Gasteiger partial charge in [0, 0.05) is 24.8 Å². The van der Waals surface area contributed by atoms with Crippen LogP contribution in [0.5, 0.6) is 0 Å². The van der Waals surface area contributed by atoms with E-state index < -0.39 is 0 Å². The molecule has 0 amide bonds. The van der Waals surface area contributed by atoms with Gasteiger partial charge in [0.05, 0.1) is 33.1 Å². The third-order valence-electron chi connectivity index (χ3n) is 3.02. The minimum absolute atomic E-state index is 0.949. The molecule has 118 valence electrons. The summed E-state index contributed by atoms with van der Waals surface area (Å²) >= 11 is 1.68. The number of nitrogens with one attached hydrogen (secondary N) is 1. The lowest BCUT2D eigenvalue weighted by atomic mass is 10.3. The molecule has 24 heavy (non-hydrogen) atoms. The molecule has 0 saturated heterocycles. The summed E-state index contributed by atoms with van der Waals surface area (Å²) in [5, 5.41) is 0. The number of para-hydroxylation sites is 3. The van der Waals surface area contributed by atoms with Crippen LogP contribution >= 0.6 is 11.3 Å². The van der Waals surface area contributed by atoms with Crippen molar-refractivity contribution in [2.45, 2.75) is 0 Å². The van der Waals surface area contributed by atoms with Gasteiger partial charge in [0.2, 0.25) is 0 Å². The zero-order valence-corrected chi connectivity index (χ0v) is 13.6. The van der Waals surface area contributed by atoms with Gasteiger partial charge in [-0.1, -0.05) is 24.3 Å². The smallest absolute Gasteiger partial charge is 0.0919 e. The highest BCUT2D eigenvalue weighted by atomic mass is 32.1. The number of H-pyrrole nitrogens is 1.